The van der Waals surface area contributed by atoms with Gasteiger partial charge in [-0.2, -0.15) is 0 Å². The van der Waals surface area contributed by atoms with Gasteiger partial charge in [0.1, 0.15) is 0 Å². The third-order valence-corrected chi connectivity index (χ3v) is 6.53. The van der Waals surface area contributed by atoms with E-state index < -0.39 is 5.91 Å². The summed E-state index contributed by atoms with van der Waals surface area (Å²) < 4.78 is 5.48. The van der Waals surface area contributed by atoms with Crippen molar-refractivity contribution in [1.29, 1.82) is 0 Å². The van der Waals surface area contributed by atoms with Gasteiger partial charge < -0.3 is 25.3 Å². The lowest BCUT2D eigenvalue weighted by atomic mass is 9.95. The first-order valence-corrected chi connectivity index (χ1v) is 12.3. The first-order valence-electron chi connectivity index (χ1n) is 12.3. The average molecular weight is 501 g/mol. The van der Waals surface area contributed by atoms with Crippen LogP contribution in [0, 0.1) is 20.8 Å². The lowest BCUT2D eigenvalue weighted by Crippen LogP contribution is -2.36. The van der Waals surface area contributed by atoms with Crippen LogP contribution in [0.1, 0.15) is 32.7 Å². The Labute approximate surface area is 216 Å². The maximum absolute atomic E-state index is 13.5. The van der Waals surface area contributed by atoms with Gasteiger partial charge in [0, 0.05) is 42.1 Å². The number of pyridine rings is 1. The molecule has 37 heavy (non-hydrogen) atoms. The number of carbonyl (C=O) groups excluding carboxylic acids is 2. The number of hydrogen-bond acceptors (Lipinski definition) is 5. The van der Waals surface area contributed by atoms with E-state index in [9.17, 15) is 14.4 Å². The molecular weight excluding hydrogens is 468 g/mol. The van der Waals surface area contributed by atoms with Crippen LogP contribution in [0.2, 0.25) is 0 Å². The molecule has 0 spiro atoms. The summed E-state index contributed by atoms with van der Waals surface area (Å²) in [7, 11) is 0. The molecule has 1 aliphatic rings. The standard InChI is InChI=1S/C29H32N4O4/c1-5-25(34)32-27-23(21-7-6-8-22(16-21)33-11-13-37-14-12-33)10-9-18(2)26(27)29(36)30-17-24-19(3)15-20(4)31-28(24)35/h5-10,15-16H,1,11-14,17H2,2-4H3,(H,30,36)(H,31,35)(H,32,34). The molecule has 8 heteroatoms. The highest BCUT2D eigenvalue weighted by molar-refractivity contribution is 6.10. The highest BCUT2D eigenvalue weighted by Gasteiger charge is 2.21. The Kier molecular flexibility index (Phi) is 7.89. The topological polar surface area (TPSA) is 104 Å². The Morgan fingerprint density at radius 3 is 2.54 bits per heavy atom. The fraction of sp³-hybridized carbons (Fsp3) is 0.276. The molecule has 0 unspecified atom stereocenters. The smallest absolute Gasteiger partial charge is 0.253 e. The van der Waals surface area contributed by atoms with Crippen LogP contribution < -0.4 is 21.1 Å². The number of aromatic nitrogens is 1. The molecule has 0 saturated carbocycles. The normalized spacial score (nSPS) is 13.2. The van der Waals surface area contributed by atoms with Gasteiger partial charge in [-0.15, -0.1) is 0 Å². The van der Waals surface area contributed by atoms with Crippen LogP contribution in [0.15, 0.2) is 59.9 Å². The number of rotatable bonds is 7. The minimum absolute atomic E-state index is 0.0608. The summed E-state index contributed by atoms with van der Waals surface area (Å²) in [4.78, 5) is 43.4. The minimum Gasteiger partial charge on any atom is -0.378 e. The van der Waals surface area contributed by atoms with Crippen molar-refractivity contribution in [3.8, 4) is 11.1 Å². The summed E-state index contributed by atoms with van der Waals surface area (Å²) in [6.45, 7) is 12.0. The molecule has 1 fully saturated rings. The number of benzene rings is 2. The van der Waals surface area contributed by atoms with Crippen molar-refractivity contribution in [2.45, 2.75) is 27.3 Å². The molecule has 1 saturated heterocycles. The lowest BCUT2D eigenvalue weighted by molar-refractivity contribution is -0.111. The van der Waals surface area contributed by atoms with Crippen molar-refractivity contribution in [3.63, 3.8) is 0 Å². The summed E-state index contributed by atoms with van der Waals surface area (Å²) in [6.07, 6.45) is 1.17. The average Bonchev–Trinajstić information content (AvgIpc) is 2.88. The number of anilines is 2. The van der Waals surface area contributed by atoms with E-state index in [1.807, 2.05) is 57.2 Å². The number of morpholine rings is 1. The van der Waals surface area contributed by atoms with E-state index in [0.29, 0.717) is 41.2 Å². The summed E-state index contributed by atoms with van der Waals surface area (Å²) in [5, 5.41) is 5.73. The highest BCUT2D eigenvalue weighted by atomic mass is 16.5. The Bertz CT molecular complexity index is 1400. The molecule has 2 amide bonds. The molecular formula is C29H32N4O4. The van der Waals surface area contributed by atoms with Gasteiger partial charge in [0.15, 0.2) is 0 Å². The zero-order valence-corrected chi connectivity index (χ0v) is 21.4. The molecule has 8 nitrogen and oxygen atoms in total. The van der Waals surface area contributed by atoms with E-state index >= 15 is 0 Å². The van der Waals surface area contributed by atoms with Crippen molar-refractivity contribution < 1.29 is 14.3 Å². The Morgan fingerprint density at radius 1 is 1.08 bits per heavy atom. The van der Waals surface area contributed by atoms with Crippen LogP contribution >= 0.6 is 0 Å². The molecule has 3 N–H and O–H groups in total. The van der Waals surface area contributed by atoms with E-state index in [1.54, 1.807) is 0 Å². The molecule has 0 atom stereocenters. The third kappa shape index (κ3) is 5.81. The van der Waals surface area contributed by atoms with E-state index in [-0.39, 0.29) is 18.0 Å². The number of nitrogens with one attached hydrogen (secondary N) is 3. The molecule has 1 aromatic heterocycles. The van der Waals surface area contributed by atoms with Crippen LogP contribution in [0.25, 0.3) is 11.1 Å². The number of ether oxygens (including phenoxy) is 1. The van der Waals surface area contributed by atoms with Gasteiger partial charge in [-0.3, -0.25) is 14.4 Å². The molecule has 2 aromatic carbocycles. The molecule has 0 bridgehead atoms. The number of amides is 2. The molecule has 0 radical (unpaired) electrons. The number of aromatic amines is 1. The fourth-order valence-corrected chi connectivity index (χ4v) is 4.59. The van der Waals surface area contributed by atoms with Gasteiger partial charge in [0.05, 0.1) is 24.5 Å². The summed E-state index contributed by atoms with van der Waals surface area (Å²) in [5.74, 6) is -0.807. The van der Waals surface area contributed by atoms with Crippen LogP contribution in [-0.2, 0) is 16.1 Å². The Morgan fingerprint density at radius 2 is 1.84 bits per heavy atom. The second-order valence-electron chi connectivity index (χ2n) is 9.15. The third-order valence-electron chi connectivity index (χ3n) is 6.53. The predicted molar refractivity (Wildman–Crippen MR) is 146 cm³/mol. The van der Waals surface area contributed by atoms with Crippen molar-refractivity contribution in [1.82, 2.24) is 10.3 Å². The summed E-state index contributed by atoms with van der Waals surface area (Å²) in [5.41, 5.74) is 5.87. The van der Waals surface area contributed by atoms with Crippen LogP contribution in [0.3, 0.4) is 0 Å². The number of carbonyl (C=O) groups is 2. The zero-order valence-electron chi connectivity index (χ0n) is 21.4. The second-order valence-corrected chi connectivity index (χ2v) is 9.15. The van der Waals surface area contributed by atoms with Gasteiger partial charge in [-0.1, -0.05) is 30.8 Å². The van der Waals surface area contributed by atoms with Crippen molar-refractivity contribution in [2.75, 3.05) is 36.5 Å². The van der Waals surface area contributed by atoms with Gasteiger partial charge in [0.25, 0.3) is 11.5 Å². The second kappa shape index (κ2) is 11.3. The van der Waals surface area contributed by atoms with Gasteiger partial charge in [0.2, 0.25) is 5.91 Å². The number of hydrogen-bond donors (Lipinski definition) is 3. The Hall–Kier alpha value is -4.17. The maximum Gasteiger partial charge on any atom is 0.253 e. The molecule has 2 heterocycles. The summed E-state index contributed by atoms with van der Waals surface area (Å²) in [6, 6.07) is 13.6. The van der Waals surface area contributed by atoms with Crippen LogP contribution in [0.4, 0.5) is 11.4 Å². The van der Waals surface area contributed by atoms with Crippen molar-refractivity contribution in [2.24, 2.45) is 0 Å². The quantitative estimate of drug-likeness (QED) is 0.428. The first kappa shape index (κ1) is 25.9. The lowest BCUT2D eigenvalue weighted by Gasteiger charge is -2.29. The molecule has 3 aromatic rings. The Balaban J connectivity index is 1.73. The molecule has 0 aliphatic carbocycles. The van der Waals surface area contributed by atoms with Crippen LogP contribution in [0.5, 0.6) is 0 Å². The fourth-order valence-electron chi connectivity index (χ4n) is 4.59. The molecule has 4 rings (SSSR count). The van der Waals surface area contributed by atoms with Crippen LogP contribution in [-0.4, -0.2) is 43.1 Å². The predicted octanol–water partition coefficient (Wildman–Crippen LogP) is 3.86. The van der Waals surface area contributed by atoms with Gasteiger partial charge in [-0.05, 0) is 61.7 Å². The SMILES string of the molecule is C=CC(=O)Nc1c(-c2cccc(N3CCOCC3)c2)ccc(C)c1C(=O)NCc1c(C)cc(C)[nH]c1=O. The number of nitrogens with zero attached hydrogens (tertiary/aromatic N) is 1. The summed E-state index contributed by atoms with van der Waals surface area (Å²) >= 11 is 0. The monoisotopic (exact) mass is 500 g/mol. The zero-order chi connectivity index (χ0) is 26.5. The van der Waals surface area contributed by atoms with Crippen molar-refractivity contribution >= 4 is 23.2 Å². The van der Waals surface area contributed by atoms with Gasteiger partial charge >= 0.3 is 0 Å². The molecule has 1 aliphatic heterocycles. The molecule has 192 valence electrons. The van der Waals surface area contributed by atoms with Crippen molar-refractivity contribution in [3.05, 3.63) is 93.4 Å². The van der Waals surface area contributed by atoms with E-state index in [0.717, 1.165) is 35.6 Å². The van der Waals surface area contributed by atoms with E-state index in [1.165, 1.54) is 6.08 Å². The first-order chi connectivity index (χ1) is 17.8. The highest BCUT2D eigenvalue weighted by Crippen LogP contribution is 2.35. The van der Waals surface area contributed by atoms with E-state index in [2.05, 4.69) is 33.2 Å². The van der Waals surface area contributed by atoms with Gasteiger partial charge in [-0.25, -0.2) is 0 Å². The minimum atomic E-state index is -0.420. The van der Waals surface area contributed by atoms with E-state index in [4.69, 9.17) is 4.74 Å². The largest absolute Gasteiger partial charge is 0.378 e. The number of aryl methyl sites for hydroxylation is 3. The maximum atomic E-state index is 13.5. The number of H-pyrrole nitrogens is 1.